The Morgan fingerprint density at radius 2 is 2.36 bits per heavy atom. The highest BCUT2D eigenvalue weighted by molar-refractivity contribution is 6.69. The quantitative estimate of drug-likeness (QED) is 0.480. The summed E-state index contributed by atoms with van der Waals surface area (Å²) in [7, 11) is 0. The van der Waals surface area contributed by atoms with Gasteiger partial charge in [0.25, 0.3) is 0 Å². The minimum atomic E-state index is -0.584. The van der Waals surface area contributed by atoms with Gasteiger partial charge >= 0.3 is 0 Å². The molecule has 0 saturated heterocycles. The van der Waals surface area contributed by atoms with Crippen LogP contribution in [0.25, 0.3) is 0 Å². The second-order valence-corrected chi connectivity index (χ2v) is 2.82. The van der Waals surface area contributed by atoms with Crippen LogP contribution in [0.15, 0.2) is 23.4 Å². The van der Waals surface area contributed by atoms with Gasteiger partial charge in [-0.2, -0.15) is 0 Å². The summed E-state index contributed by atoms with van der Waals surface area (Å²) in [5.74, 6) is -0.171. The minimum absolute atomic E-state index is 0.0395. The van der Waals surface area contributed by atoms with Crippen LogP contribution in [0, 0.1) is 5.82 Å². The summed E-state index contributed by atoms with van der Waals surface area (Å²) in [5.41, 5.74) is 0.0395. The lowest BCUT2D eigenvalue weighted by molar-refractivity contribution is 0.320. The molecule has 1 aromatic rings. The fraction of sp³-hybridized carbons (Fsp3) is 0.222. The standard InChI is InChI=1S/C9H9ClFNO2/c1-2-14-6-3-4-7(8(11)5-6)9(10)12-13/h3-5,13H,2H2,1H3. The van der Waals surface area contributed by atoms with Gasteiger partial charge in [-0.1, -0.05) is 16.8 Å². The molecule has 0 radical (unpaired) electrons. The van der Waals surface area contributed by atoms with Gasteiger partial charge in [0.2, 0.25) is 0 Å². The number of rotatable bonds is 3. The Morgan fingerprint density at radius 3 is 2.86 bits per heavy atom. The molecule has 76 valence electrons. The summed E-state index contributed by atoms with van der Waals surface area (Å²) in [6.07, 6.45) is 0. The summed E-state index contributed by atoms with van der Waals surface area (Å²) in [4.78, 5) is 0. The summed E-state index contributed by atoms with van der Waals surface area (Å²) in [6, 6.07) is 4.13. The molecule has 0 amide bonds. The first kappa shape index (κ1) is 10.8. The highest BCUT2D eigenvalue weighted by atomic mass is 35.5. The van der Waals surface area contributed by atoms with Crippen molar-refractivity contribution in [2.24, 2.45) is 5.16 Å². The van der Waals surface area contributed by atoms with Crippen LogP contribution in [0.3, 0.4) is 0 Å². The largest absolute Gasteiger partial charge is 0.494 e. The smallest absolute Gasteiger partial charge is 0.178 e. The van der Waals surface area contributed by atoms with Crippen molar-refractivity contribution in [3.05, 3.63) is 29.6 Å². The van der Waals surface area contributed by atoms with Gasteiger partial charge in [0.1, 0.15) is 11.6 Å². The third-order valence-corrected chi connectivity index (χ3v) is 1.84. The third-order valence-electron chi connectivity index (χ3n) is 1.56. The lowest BCUT2D eigenvalue weighted by Crippen LogP contribution is -1.98. The first-order valence-corrected chi connectivity index (χ1v) is 4.37. The van der Waals surface area contributed by atoms with Gasteiger partial charge in [0, 0.05) is 6.07 Å². The summed E-state index contributed by atoms with van der Waals surface area (Å²) in [6.45, 7) is 2.26. The van der Waals surface area contributed by atoms with Crippen LogP contribution in [-0.4, -0.2) is 17.0 Å². The molecule has 0 aliphatic carbocycles. The van der Waals surface area contributed by atoms with Crippen LogP contribution in [0.5, 0.6) is 5.75 Å². The van der Waals surface area contributed by atoms with Crippen molar-refractivity contribution in [2.75, 3.05) is 6.61 Å². The SMILES string of the molecule is CCOc1ccc(C(Cl)=NO)c(F)c1. The molecule has 0 heterocycles. The lowest BCUT2D eigenvalue weighted by atomic mass is 10.2. The second-order valence-electron chi connectivity index (χ2n) is 2.47. The van der Waals surface area contributed by atoms with Crippen molar-refractivity contribution in [1.82, 2.24) is 0 Å². The Hall–Kier alpha value is -1.29. The fourth-order valence-corrected chi connectivity index (χ4v) is 1.13. The zero-order chi connectivity index (χ0) is 10.6. The van der Waals surface area contributed by atoms with E-state index in [1.807, 2.05) is 0 Å². The molecule has 1 aromatic carbocycles. The molecule has 0 fully saturated rings. The predicted molar refractivity (Wildman–Crippen MR) is 51.7 cm³/mol. The Labute approximate surface area is 85.8 Å². The Kier molecular flexibility index (Phi) is 3.71. The van der Waals surface area contributed by atoms with Gasteiger partial charge in [0.15, 0.2) is 5.17 Å². The number of nitrogens with zero attached hydrogens (tertiary/aromatic N) is 1. The molecule has 0 spiro atoms. The van der Waals surface area contributed by atoms with Gasteiger partial charge in [-0.3, -0.25) is 0 Å². The molecular formula is C9H9ClFNO2. The Balaban J connectivity index is 3.01. The van der Waals surface area contributed by atoms with Crippen molar-refractivity contribution in [1.29, 1.82) is 0 Å². The third kappa shape index (κ3) is 2.35. The molecule has 5 heteroatoms. The first-order valence-electron chi connectivity index (χ1n) is 3.99. The molecule has 0 unspecified atom stereocenters. The van der Waals surface area contributed by atoms with E-state index < -0.39 is 5.82 Å². The zero-order valence-electron chi connectivity index (χ0n) is 7.50. The molecule has 0 saturated carbocycles. The predicted octanol–water partition coefficient (Wildman–Crippen LogP) is 2.60. The monoisotopic (exact) mass is 217 g/mol. The van der Waals surface area contributed by atoms with Crippen LogP contribution < -0.4 is 4.74 Å². The molecule has 0 bridgehead atoms. The number of benzene rings is 1. The van der Waals surface area contributed by atoms with Crippen LogP contribution in [0.4, 0.5) is 4.39 Å². The highest BCUT2D eigenvalue weighted by Gasteiger charge is 2.08. The van der Waals surface area contributed by atoms with Crippen molar-refractivity contribution in [2.45, 2.75) is 6.92 Å². The van der Waals surface area contributed by atoms with E-state index in [-0.39, 0.29) is 10.7 Å². The first-order chi connectivity index (χ1) is 6.69. The molecule has 1 rings (SSSR count). The molecule has 0 aromatic heterocycles. The zero-order valence-corrected chi connectivity index (χ0v) is 8.25. The van der Waals surface area contributed by atoms with Crippen molar-refractivity contribution in [3.63, 3.8) is 0 Å². The average molecular weight is 218 g/mol. The van der Waals surface area contributed by atoms with E-state index >= 15 is 0 Å². The maximum absolute atomic E-state index is 13.3. The van der Waals surface area contributed by atoms with Crippen LogP contribution >= 0.6 is 11.6 Å². The topological polar surface area (TPSA) is 41.8 Å². The number of halogens is 2. The molecular weight excluding hydrogens is 209 g/mol. The van der Waals surface area contributed by atoms with E-state index in [0.717, 1.165) is 0 Å². The molecule has 0 atom stereocenters. The van der Waals surface area contributed by atoms with E-state index in [9.17, 15) is 4.39 Å². The Morgan fingerprint density at radius 1 is 1.64 bits per heavy atom. The summed E-state index contributed by atoms with van der Waals surface area (Å²) >= 11 is 5.44. The summed E-state index contributed by atoms with van der Waals surface area (Å²) < 4.78 is 18.3. The highest BCUT2D eigenvalue weighted by Crippen LogP contribution is 2.18. The van der Waals surface area contributed by atoms with Crippen molar-refractivity contribution >= 4 is 16.8 Å². The lowest BCUT2D eigenvalue weighted by Gasteiger charge is -2.04. The van der Waals surface area contributed by atoms with Crippen molar-refractivity contribution in [3.8, 4) is 5.75 Å². The van der Waals surface area contributed by atoms with E-state index in [2.05, 4.69) is 5.16 Å². The van der Waals surface area contributed by atoms with E-state index in [0.29, 0.717) is 12.4 Å². The number of oxime groups is 1. The van der Waals surface area contributed by atoms with Crippen LogP contribution in [0.1, 0.15) is 12.5 Å². The Bertz CT molecular complexity index is 355. The maximum Gasteiger partial charge on any atom is 0.178 e. The van der Waals surface area contributed by atoms with E-state index in [1.54, 1.807) is 13.0 Å². The van der Waals surface area contributed by atoms with Crippen molar-refractivity contribution < 1.29 is 14.3 Å². The number of hydrogen-bond donors (Lipinski definition) is 1. The minimum Gasteiger partial charge on any atom is -0.494 e. The second kappa shape index (κ2) is 4.81. The van der Waals surface area contributed by atoms with Gasteiger partial charge < -0.3 is 9.94 Å². The summed E-state index contributed by atoms with van der Waals surface area (Å²) in [5, 5.41) is 10.8. The van der Waals surface area contributed by atoms with Gasteiger partial charge in [0.05, 0.1) is 12.2 Å². The van der Waals surface area contributed by atoms with E-state index in [1.165, 1.54) is 12.1 Å². The molecule has 14 heavy (non-hydrogen) atoms. The van der Waals surface area contributed by atoms with Crippen LogP contribution in [0.2, 0.25) is 0 Å². The molecule has 0 aliphatic rings. The van der Waals surface area contributed by atoms with Gasteiger partial charge in [-0.05, 0) is 19.1 Å². The number of hydrogen-bond acceptors (Lipinski definition) is 3. The van der Waals surface area contributed by atoms with E-state index in [4.69, 9.17) is 21.5 Å². The van der Waals surface area contributed by atoms with Gasteiger partial charge in [-0.15, -0.1) is 0 Å². The number of ether oxygens (including phenoxy) is 1. The average Bonchev–Trinajstić information content (AvgIpc) is 2.17. The molecule has 1 N–H and O–H groups in total. The molecule has 3 nitrogen and oxygen atoms in total. The fourth-order valence-electron chi connectivity index (χ4n) is 0.973. The van der Waals surface area contributed by atoms with Crippen LogP contribution in [-0.2, 0) is 0 Å². The normalized spacial score (nSPS) is 11.5. The van der Waals surface area contributed by atoms with Gasteiger partial charge in [-0.25, -0.2) is 4.39 Å². The molecule has 0 aliphatic heterocycles. The maximum atomic E-state index is 13.3.